The summed E-state index contributed by atoms with van der Waals surface area (Å²) in [6.07, 6.45) is 9.57. The smallest absolute Gasteiger partial charge is 0.258 e. The van der Waals surface area contributed by atoms with Crippen molar-refractivity contribution in [1.29, 1.82) is 0 Å². The van der Waals surface area contributed by atoms with E-state index in [4.69, 9.17) is 21.1 Å². The molecule has 0 unspecified atom stereocenters. The Labute approximate surface area is 182 Å². The van der Waals surface area contributed by atoms with Crippen molar-refractivity contribution in [2.45, 2.75) is 38.1 Å². The molecule has 0 N–H and O–H groups in total. The van der Waals surface area contributed by atoms with Crippen LogP contribution in [-0.2, 0) is 4.79 Å². The predicted octanol–water partition coefficient (Wildman–Crippen LogP) is 5.96. The van der Waals surface area contributed by atoms with Crippen LogP contribution < -0.4 is 9.47 Å². The van der Waals surface area contributed by atoms with Gasteiger partial charge in [0.2, 0.25) is 0 Å². The number of amides is 1. The zero-order valence-corrected chi connectivity index (χ0v) is 18.1. The summed E-state index contributed by atoms with van der Waals surface area (Å²) in [7, 11) is 3.22. The molecule has 5 heteroatoms. The maximum Gasteiger partial charge on any atom is 0.258 e. The highest BCUT2D eigenvalue weighted by Crippen LogP contribution is 2.37. The molecule has 1 aliphatic carbocycles. The Bertz CT molecular complexity index is 988. The molecular weight excluding hydrogens is 398 g/mol. The van der Waals surface area contributed by atoms with E-state index in [1.807, 2.05) is 59.5 Å². The first-order chi connectivity index (χ1) is 14.6. The molecule has 156 valence electrons. The lowest BCUT2D eigenvalue weighted by Crippen LogP contribution is -2.37. The van der Waals surface area contributed by atoms with Gasteiger partial charge in [0.05, 0.1) is 19.9 Å². The van der Waals surface area contributed by atoms with E-state index in [9.17, 15) is 4.79 Å². The average molecular weight is 424 g/mol. The quantitative estimate of drug-likeness (QED) is 0.557. The van der Waals surface area contributed by atoms with Gasteiger partial charge in [0.15, 0.2) is 11.5 Å². The van der Waals surface area contributed by atoms with E-state index >= 15 is 0 Å². The van der Waals surface area contributed by atoms with Gasteiger partial charge in [0.25, 0.3) is 5.91 Å². The van der Waals surface area contributed by atoms with Crippen LogP contribution >= 0.6 is 11.6 Å². The van der Waals surface area contributed by atoms with E-state index in [1.54, 1.807) is 14.2 Å². The number of ether oxygens (including phenoxy) is 2. The van der Waals surface area contributed by atoms with Gasteiger partial charge in [-0.2, -0.15) is 0 Å². The minimum atomic E-state index is 0.0571. The van der Waals surface area contributed by atoms with E-state index in [1.165, 1.54) is 6.42 Å². The van der Waals surface area contributed by atoms with Crippen molar-refractivity contribution < 1.29 is 14.3 Å². The van der Waals surface area contributed by atoms with Gasteiger partial charge in [-0.15, -0.1) is 0 Å². The number of hydrogen-bond donors (Lipinski definition) is 0. The topological polar surface area (TPSA) is 38.8 Å². The zero-order valence-electron chi connectivity index (χ0n) is 17.4. The fraction of sp³-hybridized carbons (Fsp3) is 0.320. The molecule has 1 saturated carbocycles. The molecule has 1 fully saturated rings. The van der Waals surface area contributed by atoms with Gasteiger partial charge in [-0.3, -0.25) is 4.79 Å². The normalized spacial score (nSPS) is 18.6. The molecular formula is C25H26ClNO3. The van der Waals surface area contributed by atoms with Crippen molar-refractivity contribution >= 4 is 29.3 Å². The Hall–Kier alpha value is -2.72. The maximum absolute atomic E-state index is 13.5. The molecule has 30 heavy (non-hydrogen) atoms. The Morgan fingerprint density at radius 1 is 0.967 bits per heavy atom. The number of carbonyl (C=O) groups excluding carboxylic acids is 1. The second-order valence-corrected chi connectivity index (χ2v) is 8.15. The molecule has 0 aromatic heterocycles. The third-order valence-electron chi connectivity index (χ3n) is 5.83. The molecule has 0 radical (unpaired) electrons. The highest BCUT2D eigenvalue weighted by molar-refractivity contribution is 6.30. The van der Waals surface area contributed by atoms with Crippen molar-refractivity contribution in [1.82, 2.24) is 4.90 Å². The van der Waals surface area contributed by atoms with E-state index in [0.29, 0.717) is 22.1 Å². The standard InChI is InChI=1S/C25H26ClNO3/c1-29-23-13-8-17(15-24(23)30-2)14-19-16-22(18-9-11-20(26)12-10-18)27(25(19)28)21-6-4-3-5-7-21/h8-16,21H,3-7H2,1-2H3. The van der Waals surface area contributed by atoms with Gasteiger partial charge in [-0.1, -0.05) is 49.1 Å². The van der Waals surface area contributed by atoms with Gasteiger partial charge < -0.3 is 14.4 Å². The van der Waals surface area contributed by atoms with E-state index < -0.39 is 0 Å². The number of methoxy groups -OCH3 is 2. The second kappa shape index (κ2) is 8.97. The molecule has 0 saturated heterocycles. The molecule has 0 atom stereocenters. The zero-order chi connectivity index (χ0) is 21.1. The van der Waals surface area contributed by atoms with Crippen LogP contribution in [-0.4, -0.2) is 31.1 Å². The molecule has 2 aliphatic rings. The minimum Gasteiger partial charge on any atom is -0.493 e. The van der Waals surface area contributed by atoms with Crippen molar-refractivity contribution in [2.75, 3.05) is 14.2 Å². The molecule has 2 aromatic rings. The average Bonchev–Trinajstić information content (AvgIpc) is 3.10. The number of rotatable bonds is 5. The van der Waals surface area contributed by atoms with E-state index in [2.05, 4.69) is 0 Å². The lowest BCUT2D eigenvalue weighted by atomic mass is 9.93. The lowest BCUT2D eigenvalue weighted by molar-refractivity contribution is -0.125. The molecule has 0 bridgehead atoms. The van der Waals surface area contributed by atoms with Gasteiger partial charge in [0, 0.05) is 16.6 Å². The Morgan fingerprint density at radius 3 is 2.33 bits per heavy atom. The minimum absolute atomic E-state index is 0.0571. The third-order valence-corrected chi connectivity index (χ3v) is 6.08. The first-order valence-electron chi connectivity index (χ1n) is 10.4. The molecule has 1 heterocycles. The van der Waals surface area contributed by atoms with Crippen LogP contribution in [0, 0.1) is 0 Å². The summed E-state index contributed by atoms with van der Waals surface area (Å²) >= 11 is 6.09. The molecule has 4 nitrogen and oxygen atoms in total. The molecule has 1 amide bonds. The highest BCUT2D eigenvalue weighted by atomic mass is 35.5. The van der Waals surface area contributed by atoms with Gasteiger partial charge >= 0.3 is 0 Å². The Morgan fingerprint density at radius 2 is 1.67 bits per heavy atom. The van der Waals surface area contributed by atoms with E-state index in [0.717, 1.165) is 42.5 Å². The molecule has 4 rings (SSSR count). The number of carbonyl (C=O) groups is 1. The predicted molar refractivity (Wildman–Crippen MR) is 121 cm³/mol. The number of nitrogens with zero attached hydrogens (tertiary/aromatic N) is 1. The van der Waals surface area contributed by atoms with Gasteiger partial charge in [-0.05, 0) is 60.4 Å². The second-order valence-electron chi connectivity index (χ2n) is 7.72. The summed E-state index contributed by atoms with van der Waals surface area (Å²) in [5.41, 5.74) is 3.54. The summed E-state index contributed by atoms with van der Waals surface area (Å²) in [4.78, 5) is 15.5. The van der Waals surface area contributed by atoms with Crippen LogP contribution in [0.4, 0.5) is 0 Å². The van der Waals surface area contributed by atoms with Crippen LogP contribution in [0.2, 0.25) is 5.02 Å². The number of halogens is 1. The summed E-state index contributed by atoms with van der Waals surface area (Å²) in [5, 5.41) is 0.689. The Kier molecular flexibility index (Phi) is 6.14. The summed E-state index contributed by atoms with van der Waals surface area (Å²) in [6, 6.07) is 13.6. The summed E-state index contributed by atoms with van der Waals surface area (Å²) in [5.74, 6) is 1.36. The number of hydrogen-bond acceptors (Lipinski definition) is 3. The first kappa shape index (κ1) is 20.5. The van der Waals surface area contributed by atoms with Crippen LogP contribution in [0.3, 0.4) is 0 Å². The van der Waals surface area contributed by atoms with Crippen molar-refractivity contribution in [2.24, 2.45) is 0 Å². The van der Waals surface area contributed by atoms with Crippen molar-refractivity contribution in [3.8, 4) is 11.5 Å². The Balaban J connectivity index is 1.73. The monoisotopic (exact) mass is 423 g/mol. The van der Waals surface area contributed by atoms with Crippen molar-refractivity contribution in [3.05, 3.63) is 70.3 Å². The fourth-order valence-electron chi connectivity index (χ4n) is 4.30. The molecule has 1 aliphatic heterocycles. The van der Waals surface area contributed by atoms with Crippen LogP contribution in [0.1, 0.15) is 43.2 Å². The van der Waals surface area contributed by atoms with Crippen LogP contribution in [0.25, 0.3) is 11.8 Å². The fourth-order valence-corrected chi connectivity index (χ4v) is 4.42. The van der Waals surface area contributed by atoms with Gasteiger partial charge in [-0.25, -0.2) is 0 Å². The summed E-state index contributed by atoms with van der Waals surface area (Å²) in [6.45, 7) is 0. The lowest BCUT2D eigenvalue weighted by Gasteiger charge is -2.33. The first-order valence-corrected chi connectivity index (χ1v) is 10.7. The van der Waals surface area contributed by atoms with E-state index in [-0.39, 0.29) is 11.9 Å². The van der Waals surface area contributed by atoms with Crippen LogP contribution in [0.5, 0.6) is 11.5 Å². The summed E-state index contributed by atoms with van der Waals surface area (Å²) < 4.78 is 10.7. The molecule has 2 aromatic carbocycles. The van der Waals surface area contributed by atoms with Gasteiger partial charge in [0.1, 0.15) is 0 Å². The number of benzene rings is 2. The SMILES string of the molecule is COc1ccc(C=C2C=C(c3ccc(Cl)cc3)N(C3CCCCC3)C2=O)cc1OC. The van der Waals surface area contributed by atoms with Crippen LogP contribution in [0.15, 0.2) is 54.1 Å². The molecule has 0 spiro atoms. The maximum atomic E-state index is 13.5. The van der Waals surface area contributed by atoms with Crippen molar-refractivity contribution in [3.63, 3.8) is 0 Å². The highest BCUT2D eigenvalue weighted by Gasteiger charge is 2.35. The largest absolute Gasteiger partial charge is 0.493 e. The third kappa shape index (κ3) is 4.10.